The van der Waals surface area contributed by atoms with Crippen molar-refractivity contribution in [1.82, 2.24) is 0 Å². The lowest BCUT2D eigenvalue weighted by molar-refractivity contribution is -0.0248. The number of rotatable bonds is 16. The number of methoxy groups -OCH3 is 1. The van der Waals surface area contributed by atoms with Crippen molar-refractivity contribution in [2.75, 3.05) is 32.5 Å². The minimum atomic E-state index is -2.50. The number of hydrogen-bond acceptors (Lipinski definition) is 1. The largest absolute Gasteiger partial charge is 0.385 e. The summed E-state index contributed by atoms with van der Waals surface area (Å²) in [7, 11) is 0.897. The zero-order valence-corrected chi connectivity index (χ0v) is 18.5. The molecule has 0 heterocycles. The highest BCUT2D eigenvalue weighted by Crippen LogP contribution is 2.32. The van der Waals surface area contributed by atoms with Crippen LogP contribution in [0.2, 0.25) is 0 Å². The maximum atomic E-state index is 13.6. The molecule has 0 aromatic heterocycles. The smallest absolute Gasteiger partial charge is 0.248 e. The van der Waals surface area contributed by atoms with Crippen molar-refractivity contribution in [3.8, 4) is 11.2 Å². The Labute approximate surface area is 163 Å². The Kier molecular flexibility index (Phi) is 15.6. The predicted molar refractivity (Wildman–Crippen MR) is 115 cm³/mol. The van der Waals surface area contributed by atoms with Crippen LogP contribution in [0, 0.1) is 11.2 Å². The van der Waals surface area contributed by atoms with Gasteiger partial charge in [-0.05, 0) is 38.0 Å². The van der Waals surface area contributed by atoms with Gasteiger partial charge in [0.1, 0.15) is 0 Å². The maximum Gasteiger partial charge on any atom is 0.248 e. The summed E-state index contributed by atoms with van der Waals surface area (Å²) < 4.78 is 32.0. The lowest BCUT2D eigenvalue weighted by Crippen LogP contribution is -2.16. The molecule has 0 saturated heterocycles. The molecule has 0 aromatic rings. The van der Waals surface area contributed by atoms with Gasteiger partial charge >= 0.3 is 0 Å². The van der Waals surface area contributed by atoms with E-state index < -0.39 is 16.0 Å². The number of ether oxygens (including phenoxy) is 1. The molecule has 0 unspecified atom stereocenters. The Morgan fingerprint density at radius 3 is 1.69 bits per heavy atom. The van der Waals surface area contributed by atoms with Crippen LogP contribution in [0.4, 0.5) is 8.78 Å². The van der Waals surface area contributed by atoms with Crippen LogP contribution < -0.4 is 0 Å². The summed E-state index contributed by atoms with van der Waals surface area (Å²) in [6, 6.07) is 0. The quantitative estimate of drug-likeness (QED) is 0.197. The molecule has 0 rings (SSSR count). The highest BCUT2D eigenvalue weighted by atomic mass is 32.3. The van der Waals surface area contributed by atoms with Crippen molar-refractivity contribution < 1.29 is 13.5 Å². The molecule has 0 aliphatic carbocycles. The van der Waals surface area contributed by atoms with Crippen molar-refractivity contribution in [3.05, 3.63) is 0 Å². The average molecular weight is 393 g/mol. The summed E-state index contributed by atoms with van der Waals surface area (Å²) in [5.41, 5.74) is 0. The molecule has 1 nitrogen and oxygen atoms in total. The van der Waals surface area contributed by atoms with Crippen LogP contribution in [0.25, 0.3) is 0 Å². The van der Waals surface area contributed by atoms with Gasteiger partial charge in [-0.25, -0.2) is 8.78 Å². The highest BCUT2D eigenvalue weighted by Gasteiger charge is 2.26. The van der Waals surface area contributed by atoms with Crippen molar-refractivity contribution in [2.24, 2.45) is 0 Å². The van der Waals surface area contributed by atoms with E-state index in [1.807, 2.05) is 0 Å². The van der Waals surface area contributed by atoms with Crippen LogP contribution in [0.5, 0.6) is 0 Å². The molecule has 0 fully saturated rings. The third-order valence-electron chi connectivity index (χ3n) is 4.36. The minimum Gasteiger partial charge on any atom is -0.385 e. The van der Waals surface area contributed by atoms with Crippen LogP contribution in [0.1, 0.15) is 89.9 Å². The van der Waals surface area contributed by atoms with E-state index in [2.05, 4.69) is 29.9 Å². The molecule has 26 heavy (non-hydrogen) atoms. The van der Waals surface area contributed by atoms with Gasteiger partial charge in [0.15, 0.2) is 0 Å². The van der Waals surface area contributed by atoms with Crippen molar-refractivity contribution >= 4 is 10.0 Å². The standard InChI is InChI=1S/C22H42F2OS/c1-25-20-17-19-22(23,24)18-15-13-11-9-7-5-6-8-10-12-14-16-21-26(2,3)4/h5-15,17-20H2,1-4H3. The molecule has 0 spiro atoms. The fourth-order valence-corrected chi connectivity index (χ4v) is 3.41. The van der Waals surface area contributed by atoms with E-state index in [9.17, 15) is 8.78 Å². The first-order chi connectivity index (χ1) is 12.3. The Bertz CT molecular complexity index is 380. The van der Waals surface area contributed by atoms with Gasteiger partial charge in [-0.15, -0.1) is 0 Å². The third-order valence-corrected chi connectivity index (χ3v) is 5.12. The monoisotopic (exact) mass is 392 g/mol. The van der Waals surface area contributed by atoms with E-state index in [4.69, 9.17) is 4.74 Å². The normalized spacial score (nSPS) is 12.7. The summed E-state index contributed by atoms with van der Waals surface area (Å²) in [5, 5.41) is 3.36. The second kappa shape index (κ2) is 15.8. The van der Waals surface area contributed by atoms with Crippen molar-refractivity contribution in [3.63, 3.8) is 0 Å². The van der Waals surface area contributed by atoms with Gasteiger partial charge in [-0.2, -0.15) is 10.0 Å². The minimum absolute atomic E-state index is 0.0379. The molecule has 0 bridgehead atoms. The predicted octanol–water partition coefficient (Wildman–Crippen LogP) is 7.38. The fourth-order valence-electron chi connectivity index (χ4n) is 2.88. The zero-order valence-electron chi connectivity index (χ0n) is 17.7. The molecule has 0 N–H and O–H groups in total. The molecule has 156 valence electrons. The van der Waals surface area contributed by atoms with Gasteiger partial charge in [0.2, 0.25) is 5.92 Å². The summed E-state index contributed by atoms with van der Waals surface area (Å²) in [5.74, 6) is 0.805. The Morgan fingerprint density at radius 1 is 0.731 bits per heavy atom. The van der Waals surface area contributed by atoms with E-state index in [0.29, 0.717) is 19.4 Å². The molecule has 0 saturated carbocycles. The second-order valence-corrected chi connectivity index (χ2v) is 12.0. The molecule has 0 aromatic carbocycles. The molecule has 0 aliphatic heterocycles. The van der Waals surface area contributed by atoms with E-state index >= 15 is 0 Å². The molecule has 0 atom stereocenters. The second-order valence-electron chi connectivity index (χ2n) is 8.10. The molecule has 0 radical (unpaired) electrons. The highest BCUT2D eigenvalue weighted by molar-refractivity contribution is 8.35. The Balaban J connectivity index is 3.32. The number of unbranched alkanes of at least 4 members (excludes halogenated alkanes) is 10. The van der Waals surface area contributed by atoms with Gasteiger partial charge in [-0.3, -0.25) is 0 Å². The van der Waals surface area contributed by atoms with Gasteiger partial charge in [0, 0.05) is 33.0 Å². The fraction of sp³-hybridized carbons (Fsp3) is 0.909. The number of alkyl halides is 2. The van der Waals surface area contributed by atoms with Crippen LogP contribution in [0.15, 0.2) is 0 Å². The number of halogens is 2. The van der Waals surface area contributed by atoms with E-state index in [1.54, 1.807) is 7.11 Å². The van der Waals surface area contributed by atoms with Crippen LogP contribution >= 0.6 is 10.0 Å². The van der Waals surface area contributed by atoms with Crippen LogP contribution in [-0.2, 0) is 4.74 Å². The molecule has 4 heteroatoms. The van der Waals surface area contributed by atoms with Crippen molar-refractivity contribution in [2.45, 2.75) is 95.8 Å². The molecular weight excluding hydrogens is 350 g/mol. The average Bonchev–Trinajstić information content (AvgIpc) is 2.54. The molecule has 0 amide bonds. The van der Waals surface area contributed by atoms with Crippen molar-refractivity contribution in [1.29, 1.82) is 0 Å². The van der Waals surface area contributed by atoms with Gasteiger partial charge in [-0.1, -0.05) is 62.5 Å². The first-order valence-electron chi connectivity index (χ1n) is 10.3. The maximum absolute atomic E-state index is 13.6. The lowest BCUT2D eigenvalue weighted by Gasteiger charge is -2.15. The number of hydrogen-bond donors (Lipinski definition) is 0. The van der Waals surface area contributed by atoms with E-state index in [1.165, 1.54) is 44.9 Å². The SMILES string of the molecule is COCCCC(F)(F)CCCCCCCCCCCCC#CS(C)(C)C. The van der Waals surface area contributed by atoms with Gasteiger partial charge in [0.05, 0.1) is 0 Å². The molecular formula is C22H42F2OS. The summed E-state index contributed by atoms with van der Waals surface area (Å²) in [6.45, 7) is 0.431. The van der Waals surface area contributed by atoms with Gasteiger partial charge in [0.25, 0.3) is 0 Å². The van der Waals surface area contributed by atoms with Crippen LogP contribution in [-0.4, -0.2) is 38.4 Å². The van der Waals surface area contributed by atoms with E-state index in [-0.39, 0.29) is 12.8 Å². The lowest BCUT2D eigenvalue weighted by atomic mass is 10.0. The topological polar surface area (TPSA) is 9.23 Å². The zero-order chi connectivity index (χ0) is 19.7. The third kappa shape index (κ3) is 20.0. The Morgan fingerprint density at radius 2 is 1.19 bits per heavy atom. The summed E-state index contributed by atoms with van der Waals surface area (Å²) in [6.07, 6.45) is 19.7. The summed E-state index contributed by atoms with van der Waals surface area (Å²) in [4.78, 5) is 0. The Hall–Kier alpha value is -0.270. The van der Waals surface area contributed by atoms with Gasteiger partial charge < -0.3 is 4.74 Å². The summed E-state index contributed by atoms with van der Waals surface area (Å²) >= 11 is 0. The van der Waals surface area contributed by atoms with Crippen LogP contribution in [0.3, 0.4) is 0 Å². The molecule has 0 aliphatic rings. The first kappa shape index (κ1) is 25.7. The first-order valence-corrected chi connectivity index (χ1v) is 13.2. The van der Waals surface area contributed by atoms with E-state index in [0.717, 1.165) is 19.3 Å².